The van der Waals surface area contributed by atoms with Gasteiger partial charge in [-0.2, -0.15) is 22.4 Å². The second-order valence-electron chi connectivity index (χ2n) is 7.48. The zero-order valence-corrected chi connectivity index (χ0v) is 16.6. The maximum atomic E-state index is 14.2. The Morgan fingerprint density at radius 3 is 2.63 bits per heavy atom. The lowest BCUT2D eigenvalue weighted by atomic mass is 9.89. The van der Waals surface area contributed by atoms with E-state index in [0.29, 0.717) is 11.3 Å². The number of hydrogen-bond acceptors (Lipinski definition) is 5. The summed E-state index contributed by atoms with van der Waals surface area (Å²) in [5, 5.41) is 4.16. The number of nitrogens with two attached hydrogens (primary N) is 1. The van der Waals surface area contributed by atoms with Gasteiger partial charge in [-0.05, 0) is 24.6 Å². The topological polar surface area (TPSA) is 73.4 Å². The molecule has 3 heterocycles. The molecular formula is C18H19F5N4O2S. The first-order valence-electron chi connectivity index (χ1n) is 9.12. The molecule has 0 amide bonds. The Morgan fingerprint density at radius 1 is 1.27 bits per heavy atom. The molecule has 0 saturated carbocycles. The number of halogens is 5. The van der Waals surface area contributed by atoms with E-state index in [-0.39, 0.29) is 25.1 Å². The molecule has 1 aromatic heterocycles. The van der Waals surface area contributed by atoms with Gasteiger partial charge in [0, 0.05) is 48.8 Å². The molecule has 1 unspecified atom stereocenters. The number of alkyl halides is 3. The normalized spacial score (nSPS) is 28.5. The van der Waals surface area contributed by atoms with Crippen molar-refractivity contribution in [3.8, 4) is 0 Å². The lowest BCUT2D eigenvalue weighted by Gasteiger charge is -2.44. The molecule has 1 fully saturated rings. The summed E-state index contributed by atoms with van der Waals surface area (Å²) in [5.41, 5.74) is 6.96. The monoisotopic (exact) mass is 450 g/mol. The Balaban J connectivity index is 1.60. The highest BCUT2D eigenvalue weighted by Crippen LogP contribution is 2.42. The molecule has 12 heteroatoms. The summed E-state index contributed by atoms with van der Waals surface area (Å²) in [7, 11) is -1.36. The Morgan fingerprint density at radius 2 is 2.00 bits per heavy atom. The van der Waals surface area contributed by atoms with Gasteiger partial charge < -0.3 is 10.5 Å². The van der Waals surface area contributed by atoms with Crippen molar-refractivity contribution in [2.75, 3.05) is 6.26 Å². The minimum Gasteiger partial charge on any atom is -0.357 e. The van der Waals surface area contributed by atoms with Gasteiger partial charge >= 0.3 is 6.18 Å². The fourth-order valence-corrected chi connectivity index (χ4v) is 4.56. The van der Waals surface area contributed by atoms with E-state index in [4.69, 9.17) is 10.5 Å². The molecule has 2 N–H and O–H groups in total. The first-order valence-corrected chi connectivity index (χ1v) is 10.6. The minimum atomic E-state index is -4.74. The first kappa shape index (κ1) is 21.3. The van der Waals surface area contributed by atoms with Gasteiger partial charge in [-0.1, -0.05) is 0 Å². The summed E-state index contributed by atoms with van der Waals surface area (Å²) >= 11 is 0. The van der Waals surface area contributed by atoms with Gasteiger partial charge in [0.1, 0.15) is 28.7 Å². The van der Waals surface area contributed by atoms with Crippen LogP contribution in [0, 0.1) is 11.6 Å². The minimum absolute atomic E-state index is 0.117. The SMILES string of the molecule is CS(=O)n1cc2c(n1)CN([C@@H]1C[C@H](N)[C@@H](c3cc(F)ccc3F)O[C@H]1C(F)(F)F)C2. The lowest BCUT2D eigenvalue weighted by molar-refractivity contribution is -0.269. The molecule has 164 valence electrons. The van der Waals surface area contributed by atoms with Crippen LogP contribution in [-0.4, -0.2) is 48.9 Å². The van der Waals surface area contributed by atoms with Crippen molar-refractivity contribution >= 4 is 11.0 Å². The Hall–Kier alpha value is -1.89. The molecular weight excluding hydrogens is 431 g/mol. The van der Waals surface area contributed by atoms with Gasteiger partial charge in [-0.25, -0.2) is 13.0 Å². The van der Waals surface area contributed by atoms with Gasteiger partial charge in [-0.3, -0.25) is 4.90 Å². The predicted molar refractivity (Wildman–Crippen MR) is 97.3 cm³/mol. The van der Waals surface area contributed by atoms with Crippen molar-refractivity contribution in [1.82, 2.24) is 14.1 Å². The third kappa shape index (κ3) is 3.88. The highest BCUT2D eigenvalue weighted by Gasteiger charge is 2.54. The van der Waals surface area contributed by atoms with Crippen LogP contribution in [-0.2, 0) is 28.8 Å². The summed E-state index contributed by atoms with van der Waals surface area (Å²) in [5.74, 6) is -1.66. The number of ether oxygens (including phenoxy) is 1. The standard InChI is InChI=1S/C18H19F5N4O2S/c1-30(28)27-7-9-6-26(8-14(9)25-27)15-5-13(24)16(29-17(15)18(21,22)23)11-4-10(19)2-3-12(11)20/h2-4,7,13,15-17H,5-6,8,24H2,1H3/t13-,15+,16+,17+,30?/m0/s1. The van der Waals surface area contributed by atoms with Crippen LogP contribution in [0.1, 0.15) is 29.3 Å². The molecule has 30 heavy (non-hydrogen) atoms. The van der Waals surface area contributed by atoms with E-state index in [9.17, 15) is 26.2 Å². The molecule has 1 aromatic carbocycles. The van der Waals surface area contributed by atoms with Crippen molar-refractivity contribution < 1.29 is 30.9 Å². The molecule has 5 atom stereocenters. The molecule has 1 saturated heterocycles. The van der Waals surface area contributed by atoms with Crippen LogP contribution in [0.3, 0.4) is 0 Å². The maximum Gasteiger partial charge on any atom is 0.416 e. The second kappa shape index (κ2) is 7.66. The molecule has 2 aromatic rings. The van der Waals surface area contributed by atoms with Crippen LogP contribution in [0.4, 0.5) is 22.0 Å². The van der Waals surface area contributed by atoms with E-state index in [1.165, 1.54) is 10.3 Å². The van der Waals surface area contributed by atoms with E-state index >= 15 is 0 Å². The molecule has 0 aliphatic carbocycles. The van der Waals surface area contributed by atoms with E-state index in [0.717, 1.165) is 18.2 Å². The van der Waals surface area contributed by atoms with E-state index in [1.807, 2.05) is 0 Å². The quantitative estimate of drug-likeness (QED) is 0.728. The Kier molecular flexibility index (Phi) is 5.45. The van der Waals surface area contributed by atoms with Crippen LogP contribution >= 0.6 is 0 Å². The van der Waals surface area contributed by atoms with Crippen molar-refractivity contribution in [2.24, 2.45) is 5.73 Å². The number of nitrogens with zero attached hydrogens (tertiary/aromatic N) is 3. The highest BCUT2D eigenvalue weighted by atomic mass is 32.2. The number of hydrogen-bond donors (Lipinski definition) is 1. The average Bonchev–Trinajstić information content (AvgIpc) is 3.22. The van der Waals surface area contributed by atoms with Crippen LogP contribution < -0.4 is 5.73 Å². The summed E-state index contributed by atoms with van der Waals surface area (Å²) in [6, 6.07) is 0.433. The van der Waals surface area contributed by atoms with Gasteiger partial charge in [0.25, 0.3) is 0 Å². The average molecular weight is 450 g/mol. The molecule has 0 spiro atoms. The third-order valence-electron chi connectivity index (χ3n) is 5.45. The third-order valence-corrected chi connectivity index (χ3v) is 6.16. The Bertz CT molecular complexity index is 958. The Labute approximate surface area is 171 Å². The molecule has 2 aliphatic heterocycles. The number of fused-ring (bicyclic) bond motifs is 1. The fourth-order valence-electron chi connectivity index (χ4n) is 4.07. The van der Waals surface area contributed by atoms with Gasteiger partial charge in [0.05, 0.1) is 5.69 Å². The zero-order valence-electron chi connectivity index (χ0n) is 15.8. The largest absolute Gasteiger partial charge is 0.416 e. The highest BCUT2D eigenvalue weighted by molar-refractivity contribution is 7.82. The summed E-state index contributed by atoms with van der Waals surface area (Å²) in [6.45, 7) is 0.282. The van der Waals surface area contributed by atoms with Gasteiger partial charge in [0.15, 0.2) is 6.10 Å². The van der Waals surface area contributed by atoms with E-state index < -0.39 is 53.1 Å². The number of aromatic nitrogens is 2. The molecule has 0 radical (unpaired) electrons. The van der Waals surface area contributed by atoms with Crippen LogP contribution in [0.5, 0.6) is 0 Å². The van der Waals surface area contributed by atoms with Crippen molar-refractivity contribution in [3.05, 3.63) is 52.9 Å². The zero-order chi connectivity index (χ0) is 21.8. The van der Waals surface area contributed by atoms with Crippen molar-refractivity contribution in [2.45, 2.75) is 50.0 Å². The number of benzene rings is 1. The van der Waals surface area contributed by atoms with Gasteiger partial charge in [0.2, 0.25) is 0 Å². The van der Waals surface area contributed by atoms with Gasteiger partial charge in [-0.15, -0.1) is 0 Å². The maximum absolute atomic E-state index is 14.2. The molecule has 2 aliphatic rings. The molecule has 4 rings (SSSR count). The summed E-state index contributed by atoms with van der Waals surface area (Å²) < 4.78 is 87.3. The van der Waals surface area contributed by atoms with E-state index in [2.05, 4.69) is 5.10 Å². The summed E-state index contributed by atoms with van der Waals surface area (Å²) in [4.78, 5) is 1.55. The predicted octanol–water partition coefficient (Wildman–Crippen LogP) is 2.41. The number of rotatable bonds is 3. The smallest absolute Gasteiger partial charge is 0.357 e. The van der Waals surface area contributed by atoms with Crippen LogP contribution in [0.25, 0.3) is 0 Å². The fraction of sp³-hybridized carbons (Fsp3) is 0.500. The van der Waals surface area contributed by atoms with Crippen LogP contribution in [0.15, 0.2) is 24.4 Å². The summed E-state index contributed by atoms with van der Waals surface area (Å²) in [6.07, 6.45) is -5.55. The lowest BCUT2D eigenvalue weighted by Crippen LogP contribution is -2.58. The first-order chi connectivity index (χ1) is 14.0. The van der Waals surface area contributed by atoms with E-state index in [1.54, 1.807) is 11.1 Å². The van der Waals surface area contributed by atoms with Crippen molar-refractivity contribution in [1.29, 1.82) is 0 Å². The second-order valence-corrected chi connectivity index (χ2v) is 8.71. The van der Waals surface area contributed by atoms with Crippen molar-refractivity contribution in [3.63, 3.8) is 0 Å². The molecule has 0 bridgehead atoms. The van der Waals surface area contributed by atoms with Crippen LogP contribution in [0.2, 0.25) is 0 Å². The molecule has 6 nitrogen and oxygen atoms in total.